The summed E-state index contributed by atoms with van der Waals surface area (Å²) in [4.78, 5) is 16.7. The Balaban J connectivity index is 2.64. The first-order valence-corrected chi connectivity index (χ1v) is 5.46. The normalized spacial score (nSPS) is 11.0. The number of nitro benzene ring substituents is 1. The van der Waals surface area contributed by atoms with Gasteiger partial charge < -0.3 is 4.90 Å². The Morgan fingerprint density at radius 2 is 2.11 bits per heavy atom. The summed E-state index contributed by atoms with van der Waals surface area (Å²) in [6.07, 6.45) is 5.41. The quantitative estimate of drug-likeness (QED) is 0.614. The first kappa shape index (κ1) is 12.0. The van der Waals surface area contributed by atoms with Crippen LogP contribution in [0.25, 0.3) is 17.0 Å². The van der Waals surface area contributed by atoms with E-state index in [1.54, 1.807) is 24.4 Å². The third-order valence-corrected chi connectivity index (χ3v) is 2.53. The van der Waals surface area contributed by atoms with Crippen molar-refractivity contribution in [1.29, 1.82) is 0 Å². The van der Waals surface area contributed by atoms with Gasteiger partial charge in [-0.05, 0) is 30.5 Å². The Kier molecular flexibility index (Phi) is 3.23. The van der Waals surface area contributed by atoms with Gasteiger partial charge in [-0.1, -0.05) is 0 Å². The maximum Gasteiger partial charge on any atom is 0.278 e. The van der Waals surface area contributed by atoms with Gasteiger partial charge in [0.1, 0.15) is 0 Å². The summed E-state index contributed by atoms with van der Waals surface area (Å²) in [6, 6.07) is 6.65. The molecular weight excluding hydrogens is 230 g/mol. The number of hydrogen-bond acceptors (Lipinski definition) is 4. The van der Waals surface area contributed by atoms with Crippen molar-refractivity contribution in [2.24, 2.45) is 0 Å². The minimum absolute atomic E-state index is 0.0834. The number of benzene rings is 1. The van der Waals surface area contributed by atoms with Gasteiger partial charge in [-0.25, -0.2) is 0 Å². The van der Waals surface area contributed by atoms with E-state index in [1.807, 2.05) is 31.3 Å². The average molecular weight is 243 g/mol. The van der Waals surface area contributed by atoms with Crippen molar-refractivity contribution >= 4 is 22.7 Å². The fraction of sp³-hybridized carbons (Fsp3) is 0.154. The summed E-state index contributed by atoms with van der Waals surface area (Å²) in [5, 5.41) is 11.5. The van der Waals surface area contributed by atoms with E-state index in [9.17, 15) is 10.1 Å². The summed E-state index contributed by atoms with van der Waals surface area (Å²) in [6.45, 7) is 0. The number of pyridine rings is 1. The number of aromatic nitrogens is 1. The van der Waals surface area contributed by atoms with Crippen LogP contribution in [0, 0.1) is 10.1 Å². The summed E-state index contributed by atoms with van der Waals surface area (Å²) >= 11 is 0. The second-order valence-electron chi connectivity index (χ2n) is 4.11. The van der Waals surface area contributed by atoms with Crippen LogP contribution in [0.2, 0.25) is 0 Å². The standard InChI is InChI=1S/C13H13N3O2/c1-15(2)9-7-10-5-6-12(16(17)18)11-4-3-8-14-13(10)11/h3-9H,1-2H3/b9-7+. The molecule has 0 amide bonds. The SMILES string of the molecule is CN(C)/C=C/c1ccc([N+](=O)[O-])c2cccnc12. The maximum absolute atomic E-state index is 10.9. The van der Waals surface area contributed by atoms with Crippen molar-refractivity contribution in [2.75, 3.05) is 14.1 Å². The number of nitrogens with zero attached hydrogens (tertiary/aromatic N) is 3. The molecule has 0 aliphatic heterocycles. The molecule has 0 spiro atoms. The maximum atomic E-state index is 10.9. The average Bonchev–Trinajstić information content (AvgIpc) is 2.35. The first-order chi connectivity index (χ1) is 8.59. The predicted octanol–water partition coefficient (Wildman–Crippen LogP) is 2.68. The third-order valence-electron chi connectivity index (χ3n) is 2.53. The molecule has 18 heavy (non-hydrogen) atoms. The van der Waals surface area contributed by atoms with Gasteiger partial charge in [-0.3, -0.25) is 15.1 Å². The monoisotopic (exact) mass is 243 g/mol. The zero-order chi connectivity index (χ0) is 13.1. The van der Waals surface area contributed by atoms with Crippen molar-refractivity contribution in [1.82, 2.24) is 9.88 Å². The van der Waals surface area contributed by atoms with Gasteiger partial charge in [0.2, 0.25) is 0 Å². The molecular formula is C13H13N3O2. The molecule has 5 nitrogen and oxygen atoms in total. The summed E-state index contributed by atoms with van der Waals surface area (Å²) in [5.74, 6) is 0. The van der Waals surface area contributed by atoms with Crippen LogP contribution in [0.15, 0.2) is 36.7 Å². The smallest absolute Gasteiger partial charge is 0.278 e. The number of non-ortho nitro benzene ring substituents is 1. The van der Waals surface area contributed by atoms with Crippen LogP contribution in [0.5, 0.6) is 0 Å². The minimum atomic E-state index is -0.385. The van der Waals surface area contributed by atoms with Crippen molar-refractivity contribution in [2.45, 2.75) is 0 Å². The minimum Gasteiger partial charge on any atom is -0.383 e. The van der Waals surface area contributed by atoms with Gasteiger partial charge in [0.05, 0.1) is 15.8 Å². The highest BCUT2D eigenvalue weighted by molar-refractivity contribution is 5.93. The van der Waals surface area contributed by atoms with Gasteiger partial charge in [0.15, 0.2) is 0 Å². The molecule has 2 rings (SSSR count). The lowest BCUT2D eigenvalue weighted by Gasteiger charge is -2.05. The number of nitro groups is 1. The molecule has 0 saturated heterocycles. The van der Waals surface area contributed by atoms with Crippen LogP contribution in [-0.4, -0.2) is 28.9 Å². The van der Waals surface area contributed by atoms with Gasteiger partial charge in [-0.2, -0.15) is 0 Å². The van der Waals surface area contributed by atoms with E-state index in [2.05, 4.69) is 4.98 Å². The lowest BCUT2D eigenvalue weighted by Crippen LogP contribution is -2.00. The van der Waals surface area contributed by atoms with E-state index in [0.29, 0.717) is 10.9 Å². The predicted molar refractivity (Wildman–Crippen MR) is 71.1 cm³/mol. The van der Waals surface area contributed by atoms with E-state index in [0.717, 1.165) is 5.56 Å². The number of hydrogen-bond donors (Lipinski definition) is 0. The lowest BCUT2D eigenvalue weighted by molar-refractivity contribution is -0.383. The van der Waals surface area contributed by atoms with Crippen LogP contribution >= 0.6 is 0 Å². The fourth-order valence-corrected chi connectivity index (χ4v) is 1.70. The Hall–Kier alpha value is -2.43. The topological polar surface area (TPSA) is 59.3 Å². The molecule has 0 saturated carbocycles. The summed E-state index contributed by atoms with van der Waals surface area (Å²) < 4.78 is 0. The zero-order valence-electron chi connectivity index (χ0n) is 10.2. The molecule has 0 atom stereocenters. The number of fused-ring (bicyclic) bond motifs is 1. The van der Waals surface area contributed by atoms with Crippen LogP contribution in [-0.2, 0) is 0 Å². The van der Waals surface area contributed by atoms with Gasteiger partial charge in [0, 0.05) is 31.9 Å². The Morgan fingerprint density at radius 3 is 2.78 bits per heavy atom. The highest BCUT2D eigenvalue weighted by Gasteiger charge is 2.13. The largest absolute Gasteiger partial charge is 0.383 e. The van der Waals surface area contributed by atoms with Crippen LogP contribution in [0.4, 0.5) is 5.69 Å². The van der Waals surface area contributed by atoms with Crippen LogP contribution < -0.4 is 0 Å². The molecule has 0 N–H and O–H groups in total. The van der Waals surface area contributed by atoms with Crippen molar-refractivity contribution in [3.63, 3.8) is 0 Å². The Labute approximate surface area is 105 Å². The first-order valence-electron chi connectivity index (χ1n) is 5.46. The number of rotatable bonds is 3. The highest BCUT2D eigenvalue weighted by Crippen LogP contribution is 2.27. The molecule has 1 aromatic heterocycles. The Morgan fingerprint density at radius 1 is 1.33 bits per heavy atom. The molecule has 0 unspecified atom stereocenters. The lowest BCUT2D eigenvalue weighted by atomic mass is 10.1. The van der Waals surface area contributed by atoms with Crippen LogP contribution in [0.3, 0.4) is 0 Å². The molecule has 0 bridgehead atoms. The van der Waals surface area contributed by atoms with Crippen molar-refractivity contribution in [3.8, 4) is 0 Å². The molecule has 92 valence electrons. The highest BCUT2D eigenvalue weighted by atomic mass is 16.6. The molecule has 0 aliphatic rings. The molecule has 0 fully saturated rings. The van der Waals surface area contributed by atoms with Gasteiger partial charge in [-0.15, -0.1) is 0 Å². The molecule has 1 heterocycles. The molecule has 5 heteroatoms. The zero-order valence-corrected chi connectivity index (χ0v) is 10.2. The molecule has 0 radical (unpaired) electrons. The second-order valence-corrected chi connectivity index (χ2v) is 4.11. The van der Waals surface area contributed by atoms with Gasteiger partial charge in [0.25, 0.3) is 5.69 Å². The summed E-state index contributed by atoms with van der Waals surface area (Å²) in [5.41, 5.74) is 1.59. The van der Waals surface area contributed by atoms with E-state index in [1.165, 1.54) is 6.07 Å². The van der Waals surface area contributed by atoms with Crippen molar-refractivity contribution < 1.29 is 4.92 Å². The second kappa shape index (κ2) is 4.83. The van der Waals surface area contributed by atoms with Crippen molar-refractivity contribution in [3.05, 3.63) is 52.3 Å². The molecule has 1 aromatic carbocycles. The van der Waals surface area contributed by atoms with Gasteiger partial charge >= 0.3 is 0 Å². The fourth-order valence-electron chi connectivity index (χ4n) is 1.70. The van der Waals surface area contributed by atoms with E-state index >= 15 is 0 Å². The van der Waals surface area contributed by atoms with E-state index < -0.39 is 0 Å². The third kappa shape index (κ3) is 2.29. The molecule has 2 aromatic rings. The van der Waals surface area contributed by atoms with E-state index in [-0.39, 0.29) is 10.6 Å². The Bertz CT molecular complexity index is 621. The van der Waals surface area contributed by atoms with Crippen LogP contribution in [0.1, 0.15) is 5.56 Å². The molecule has 0 aliphatic carbocycles. The summed E-state index contributed by atoms with van der Waals surface area (Å²) in [7, 11) is 3.83. The van der Waals surface area contributed by atoms with E-state index in [4.69, 9.17) is 0 Å².